The molecule has 0 aromatic heterocycles. The molecule has 0 saturated heterocycles. The highest BCUT2D eigenvalue weighted by Crippen LogP contribution is 2.11. The van der Waals surface area contributed by atoms with E-state index in [1.807, 2.05) is 31.2 Å². The summed E-state index contributed by atoms with van der Waals surface area (Å²) in [6, 6.07) is 13.8. The monoisotopic (exact) mass is 301 g/mol. The highest BCUT2D eigenvalue weighted by atomic mass is 19.1. The number of amides is 1. The van der Waals surface area contributed by atoms with E-state index in [0.29, 0.717) is 13.2 Å². The summed E-state index contributed by atoms with van der Waals surface area (Å²) < 4.78 is 18.4. The van der Waals surface area contributed by atoms with E-state index >= 15 is 0 Å². The Morgan fingerprint density at radius 2 is 1.73 bits per heavy atom. The van der Waals surface area contributed by atoms with Gasteiger partial charge in [-0.1, -0.05) is 29.8 Å². The second-order valence-corrected chi connectivity index (χ2v) is 5.28. The number of aryl methyl sites for hydroxylation is 1. The molecular formula is C18H20FNO2. The quantitative estimate of drug-likeness (QED) is 0.820. The van der Waals surface area contributed by atoms with Gasteiger partial charge in [-0.3, -0.25) is 4.79 Å². The first-order valence-electron chi connectivity index (χ1n) is 7.22. The largest absolute Gasteiger partial charge is 0.492 e. The van der Waals surface area contributed by atoms with Crippen molar-refractivity contribution in [3.63, 3.8) is 0 Å². The lowest BCUT2D eigenvalue weighted by atomic mass is 10.1. The third kappa shape index (κ3) is 4.88. The highest BCUT2D eigenvalue weighted by Gasteiger charge is 2.09. The number of nitrogens with zero attached hydrogens (tertiary/aromatic N) is 1. The van der Waals surface area contributed by atoms with Gasteiger partial charge in [0.1, 0.15) is 18.2 Å². The number of ether oxygens (including phenoxy) is 1. The molecule has 0 unspecified atom stereocenters. The van der Waals surface area contributed by atoms with E-state index in [-0.39, 0.29) is 18.1 Å². The molecule has 0 spiro atoms. The molecule has 0 saturated carbocycles. The number of benzene rings is 2. The van der Waals surface area contributed by atoms with Crippen molar-refractivity contribution in [1.29, 1.82) is 0 Å². The average molecular weight is 301 g/mol. The Hall–Kier alpha value is -2.36. The predicted octanol–water partition coefficient (Wildman–Crippen LogP) is 3.21. The van der Waals surface area contributed by atoms with Crippen molar-refractivity contribution >= 4 is 5.91 Å². The first kappa shape index (κ1) is 16.0. The molecule has 0 radical (unpaired) electrons. The Kier molecular flexibility index (Phi) is 5.53. The van der Waals surface area contributed by atoms with Crippen LogP contribution in [0.4, 0.5) is 4.39 Å². The van der Waals surface area contributed by atoms with Gasteiger partial charge in [0.25, 0.3) is 0 Å². The van der Waals surface area contributed by atoms with E-state index in [0.717, 1.165) is 11.3 Å². The molecule has 0 heterocycles. The normalized spacial score (nSPS) is 10.3. The van der Waals surface area contributed by atoms with Crippen molar-refractivity contribution in [2.75, 3.05) is 20.2 Å². The van der Waals surface area contributed by atoms with Crippen molar-refractivity contribution in [3.05, 3.63) is 65.5 Å². The zero-order valence-corrected chi connectivity index (χ0v) is 12.9. The van der Waals surface area contributed by atoms with Gasteiger partial charge in [-0.2, -0.15) is 0 Å². The molecule has 0 aliphatic rings. The highest BCUT2D eigenvalue weighted by molar-refractivity contribution is 5.78. The van der Waals surface area contributed by atoms with Gasteiger partial charge in [0.15, 0.2) is 0 Å². The van der Waals surface area contributed by atoms with Crippen LogP contribution < -0.4 is 4.74 Å². The lowest BCUT2D eigenvalue weighted by Crippen LogP contribution is -2.32. The van der Waals surface area contributed by atoms with Crippen molar-refractivity contribution in [1.82, 2.24) is 4.90 Å². The van der Waals surface area contributed by atoms with Crippen LogP contribution in [0.15, 0.2) is 48.5 Å². The van der Waals surface area contributed by atoms with E-state index < -0.39 is 0 Å². The fourth-order valence-corrected chi connectivity index (χ4v) is 1.97. The minimum atomic E-state index is -0.295. The van der Waals surface area contributed by atoms with Gasteiger partial charge in [0.05, 0.1) is 13.0 Å². The number of rotatable bonds is 6. The zero-order valence-electron chi connectivity index (χ0n) is 12.9. The molecule has 116 valence electrons. The van der Waals surface area contributed by atoms with Gasteiger partial charge in [-0.15, -0.1) is 0 Å². The maximum absolute atomic E-state index is 12.8. The van der Waals surface area contributed by atoms with Gasteiger partial charge < -0.3 is 9.64 Å². The van der Waals surface area contributed by atoms with E-state index in [9.17, 15) is 9.18 Å². The van der Waals surface area contributed by atoms with E-state index in [4.69, 9.17) is 4.74 Å². The first-order chi connectivity index (χ1) is 10.5. The maximum Gasteiger partial charge on any atom is 0.226 e. The second-order valence-electron chi connectivity index (χ2n) is 5.28. The summed E-state index contributed by atoms with van der Waals surface area (Å²) >= 11 is 0. The van der Waals surface area contributed by atoms with Crippen LogP contribution in [0, 0.1) is 12.7 Å². The Morgan fingerprint density at radius 3 is 2.36 bits per heavy atom. The molecule has 3 nitrogen and oxygen atoms in total. The van der Waals surface area contributed by atoms with Crippen molar-refractivity contribution < 1.29 is 13.9 Å². The summed E-state index contributed by atoms with van der Waals surface area (Å²) in [5.74, 6) is 0.486. The minimum Gasteiger partial charge on any atom is -0.492 e. The fraction of sp³-hybridized carbons (Fsp3) is 0.278. The SMILES string of the molecule is Cc1ccc(OCCN(C)C(=O)Cc2ccc(F)cc2)cc1. The third-order valence-corrected chi connectivity index (χ3v) is 3.41. The Morgan fingerprint density at radius 1 is 1.09 bits per heavy atom. The fourth-order valence-electron chi connectivity index (χ4n) is 1.97. The van der Waals surface area contributed by atoms with Crippen LogP contribution in [0.3, 0.4) is 0 Å². The average Bonchev–Trinajstić information content (AvgIpc) is 2.51. The minimum absolute atomic E-state index is 0.0147. The number of hydrogen-bond acceptors (Lipinski definition) is 2. The Labute approximate surface area is 130 Å². The van der Waals surface area contributed by atoms with Crippen LogP contribution in [0.1, 0.15) is 11.1 Å². The predicted molar refractivity (Wildman–Crippen MR) is 84.4 cm³/mol. The van der Waals surface area contributed by atoms with Gasteiger partial charge in [0.2, 0.25) is 5.91 Å². The van der Waals surface area contributed by atoms with Crippen LogP contribution >= 0.6 is 0 Å². The van der Waals surface area contributed by atoms with Crippen LogP contribution in [0.2, 0.25) is 0 Å². The van der Waals surface area contributed by atoms with Gasteiger partial charge in [-0.05, 0) is 36.8 Å². The molecule has 0 fully saturated rings. The molecule has 0 aliphatic carbocycles. The van der Waals surface area contributed by atoms with Gasteiger partial charge >= 0.3 is 0 Å². The van der Waals surface area contributed by atoms with E-state index in [2.05, 4.69) is 0 Å². The number of carbonyl (C=O) groups is 1. The standard InChI is InChI=1S/C18H20FNO2/c1-14-3-9-17(10-4-14)22-12-11-20(2)18(21)13-15-5-7-16(19)8-6-15/h3-10H,11-13H2,1-2H3. The van der Waals surface area contributed by atoms with Crippen molar-refractivity contribution in [3.8, 4) is 5.75 Å². The lowest BCUT2D eigenvalue weighted by molar-refractivity contribution is -0.129. The summed E-state index contributed by atoms with van der Waals surface area (Å²) in [6.07, 6.45) is 0.265. The van der Waals surface area contributed by atoms with Crippen molar-refractivity contribution in [2.45, 2.75) is 13.3 Å². The van der Waals surface area contributed by atoms with Gasteiger partial charge in [-0.25, -0.2) is 4.39 Å². The molecule has 2 aromatic rings. The number of hydrogen-bond donors (Lipinski definition) is 0. The lowest BCUT2D eigenvalue weighted by Gasteiger charge is -2.17. The van der Waals surface area contributed by atoms with Crippen molar-refractivity contribution in [2.24, 2.45) is 0 Å². The Balaban J connectivity index is 1.76. The van der Waals surface area contributed by atoms with Crippen LogP contribution in [-0.2, 0) is 11.2 Å². The maximum atomic E-state index is 12.8. The molecule has 2 rings (SSSR count). The van der Waals surface area contributed by atoms with Crippen LogP contribution in [0.5, 0.6) is 5.75 Å². The molecule has 4 heteroatoms. The molecule has 0 aliphatic heterocycles. The number of likely N-dealkylation sites (N-methyl/N-ethyl adjacent to an activating group) is 1. The Bertz CT molecular complexity index is 608. The number of halogens is 1. The molecule has 22 heavy (non-hydrogen) atoms. The van der Waals surface area contributed by atoms with Gasteiger partial charge in [0, 0.05) is 7.05 Å². The van der Waals surface area contributed by atoms with Crippen LogP contribution in [-0.4, -0.2) is 31.0 Å². The van der Waals surface area contributed by atoms with E-state index in [1.165, 1.54) is 17.7 Å². The topological polar surface area (TPSA) is 29.5 Å². The summed E-state index contributed by atoms with van der Waals surface area (Å²) in [7, 11) is 1.74. The molecule has 0 N–H and O–H groups in total. The summed E-state index contributed by atoms with van der Waals surface area (Å²) in [4.78, 5) is 13.7. The number of carbonyl (C=O) groups excluding carboxylic acids is 1. The second kappa shape index (κ2) is 7.59. The molecule has 0 bridgehead atoms. The van der Waals surface area contributed by atoms with E-state index in [1.54, 1.807) is 24.1 Å². The molecule has 0 atom stereocenters. The summed E-state index contributed by atoms with van der Waals surface area (Å²) in [5.41, 5.74) is 1.98. The third-order valence-electron chi connectivity index (χ3n) is 3.41. The first-order valence-corrected chi connectivity index (χ1v) is 7.22. The summed E-state index contributed by atoms with van der Waals surface area (Å²) in [6.45, 7) is 2.97. The van der Waals surface area contributed by atoms with Crippen LogP contribution in [0.25, 0.3) is 0 Å². The molecule has 2 aromatic carbocycles. The zero-order chi connectivity index (χ0) is 15.9. The molecule has 1 amide bonds. The summed E-state index contributed by atoms with van der Waals surface area (Å²) in [5, 5.41) is 0. The molecular weight excluding hydrogens is 281 g/mol. The smallest absolute Gasteiger partial charge is 0.226 e.